The highest BCUT2D eigenvalue weighted by Gasteiger charge is 2.47. The number of likely N-dealkylation sites (tertiary alicyclic amines) is 1. The Bertz CT molecular complexity index is 1270. The van der Waals surface area contributed by atoms with E-state index < -0.39 is 28.4 Å². The molecule has 0 bridgehead atoms. The summed E-state index contributed by atoms with van der Waals surface area (Å²) in [5.41, 5.74) is 0.586. The first-order valence-electron chi connectivity index (χ1n) is 10.0. The number of hydrogen-bond acceptors (Lipinski definition) is 7. The maximum Gasteiger partial charge on any atom is 0.296 e. The lowest BCUT2D eigenvalue weighted by molar-refractivity contribution is -0.384. The van der Waals surface area contributed by atoms with Crippen LogP contribution in [-0.2, 0) is 16.1 Å². The molecular formula is C24H20N2O7. The molecule has 1 fully saturated rings. The molecule has 3 aromatic rings. The molecular weight excluding hydrogens is 428 g/mol. The summed E-state index contributed by atoms with van der Waals surface area (Å²) in [6.45, 7) is 1.80. The summed E-state index contributed by atoms with van der Waals surface area (Å²) in [4.78, 5) is 37.7. The van der Waals surface area contributed by atoms with Gasteiger partial charge in [-0.05, 0) is 48.9 Å². The molecule has 0 radical (unpaired) electrons. The molecule has 4 rings (SSSR count). The SMILES string of the molecule is COc1cccc(CN2C(=O)C(=O)/C(=C(\O)c3ccc([N+](=O)[O-])cc3)C2c2ccc(C)o2)c1. The molecule has 2 aromatic carbocycles. The van der Waals surface area contributed by atoms with Crippen LogP contribution in [0.1, 0.15) is 28.7 Å². The van der Waals surface area contributed by atoms with Gasteiger partial charge in [-0.15, -0.1) is 0 Å². The maximum atomic E-state index is 13.0. The number of benzene rings is 2. The van der Waals surface area contributed by atoms with E-state index in [-0.39, 0.29) is 23.4 Å². The monoisotopic (exact) mass is 448 g/mol. The first-order valence-corrected chi connectivity index (χ1v) is 10.0. The van der Waals surface area contributed by atoms with Gasteiger partial charge in [-0.25, -0.2) is 0 Å². The van der Waals surface area contributed by atoms with Crippen LogP contribution >= 0.6 is 0 Å². The van der Waals surface area contributed by atoms with E-state index in [2.05, 4.69) is 0 Å². The first kappa shape index (κ1) is 21.8. The van der Waals surface area contributed by atoms with Crippen LogP contribution in [0.3, 0.4) is 0 Å². The van der Waals surface area contributed by atoms with Crippen molar-refractivity contribution in [2.24, 2.45) is 0 Å². The standard InChI is InChI=1S/C24H20N2O7/c1-14-6-11-19(33-14)21-20(22(27)16-7-9-17(10-8-16)26(30)31)23(28)24(29)25(21)13-15-4-3-5-18(12-15)32-2/h3-12,21,27H,13H2,1-2H3/b22-20-. The smallest absolute Gasteiger partial charge is 0.296 e. The maximum absolute atomic E-state index is 13.0. The number of ketones is 1. The number of carbonyl (C=O) groups is 2. The van der Waals surface area contributed by atoms with Crippen molar-refractivity contribution in [3.8, 4) is 5.75 Å². The summed E-state index contributed by atoms with van der Waals surface area (Å²) in [6, 6.07) is 14.5. The van der Waals surface area contributed by atoms with Crippen molar-refractivity contribution in [3.05, 3.63) is 99.0 Å². The Morgan fingerprint density at radius 2 is 1.88 bits per heavy atom. The molecule has 1 aliphatic heterocycles. The van der Waals surface area contributed by atoms with E-state index in [0.29, 0.717) is 17.3 Å². The average molecular weight is 448 g/mol. The highest BCUT2D eigenvalue weighted by molar-refractivity contribution is 6.46. The van der Waals surface area contributed by atoms with E-state index in [1.807, 2.05) is 0 Å². The van der Waals surface area contributed by atoms with Gasteiger partial charge < -0.3 is 19.2 Å². The van der Waals surface area contributed by atoms with E-state index in [1.54, 1.807) is 43.3 Å². The lowest BCUT2D eigenvalue weighted by Gasteiger charge is -2.23. The second-order valence-electron chi connectivity index (χ2n) is 7.53. The number of Topliss-reactive ketones (excluding diaryl/α,β-unsaturated/α-hetero) is 1. The molecule has 1 aliphatic rings. The predicted octanol–water partition coefficient (Wildman–Crippen LogP) is 4.13. The quantitative estimate of drug-likeness (QED) is 0.198. The van der Waals surface area contributed by atoms with Gasteiger partial charge in [-0.3, -0.25) is 19.7 Å². The molecule has 0 saturated carbocycles. The minimum atomic E-state index is -0.972. The van der Waals surface area contributed by atoms with Crippen molar-refractivity contribution in [1.29, 1.82) is 0 Å². The Hall–Kier alpha value is -4.40. The lowest BCUT2D eigenvalue weighted by atomic mass is 9.99. The van der Waals surface area contributed by atoms with Gasteiger partial charge in [0.2, 0.25) is 0 Å². The molecule has 9 heteroatoms. The number of hydrogen-bond donors (Lipinski definition) is 1. The summed E-state index contributed by atoms with van der Waals surface area (Å²) in [6.07, 6.45) is 0. The van der Waals surface area contributed by atoms with E-state index in [1.165, 1.54) is 36.3 Å². The van der Waals surface area contributed by atoms with E-state index >= 15 is 0 Å². The van der Waals surface area contributed by atoms with Gasteiger partial charge in [0, 0.05) is 24.2 Å². The van der Waals surface area contributed by atoms with Crippen molar-refractivity contribution in [2.75, 3.05) is 7.11 Å². The molecule has 1 N–H and O–H groups in total. The normalized spacial score (nSPS) is 17.4. The van der Waals surface area contributed by atoms with Crippen molar-refractivity contribution >= 4 is 23.1 Å². The highest BCUT2D eigenvalue weighted by atomic mass is 16.6. The van der Waals surface area contributed by atoms with E-state index in [0.717, 1.165) is 5.56 Å². The molecule has 1 unspecified atom stereocenters. The van der Waals surface area contributed by atoms with Crippen molar-refractivity contribution in [3.63, 3.8) is 0 Å². The average Bonchev–Trinajstić information content (AvgIpc) is 3.35. The van der Waals surface area contributed by atoms with Gasteiger partial charge in [0.05, 0.1) is 17.6 Å². The van der Waals surface area contributed by atoms with E-state index in [9.17, 15) is 24.8 Å². The topological polar surface area (TPSA) is 123 Å². The summed E-state index contributed by atoms with van der Waals surface area (Å²) >= 11 is 0. The summed E-state index contributed by atoms with van der Waals surface area (Å²) in [5, 5.41) is 21.9. The molecule has 9 nitrogen and oxygen atoms in total. The molecule has 1 amide bonds. The van der Waals surface area contributed by atoms with Crippen LogP contribution in [0.4, 0.5) is 5.69 Å². The largest absolute Gasteiger partial charge is 0.507 e. The molecule has 0 aliphatic carbocycles. The number of methoxy groups -OCH3 is 1. The van der Waals surface area contributed by atoms with Gasteiger partial charge in [0.15, 0.2) is 0 Å². The summed E-state index contributed by atoms with van der Waals surface area (Å²) in [7, 11) is 1.53. The van der Waals surface area contributed by atoms with Gasteiger partial charge in [-0.1, -0.05) is 12.1 Å². The zero-order valence-corrected chi connectivity index (χ0v) is 17.8. The van der Waals surface area contributed by atoms with Crippen LogP contribution in [0.15, 0.2) is 70.7 Å². The molecule has 1 aromatic heterocycles. The van der Waals surface area contributed by atoms with Crippen molar-refractivity contribution < 1.29 is 28.8 Å². The van der Waals surface area contributed by atoms with Gasteiger partial charge in [0.1, 0.15) is 29.1 Å². The molecule has 1 atom stereocenters. The van der Waals surface area contributed by atoms with Crippen LogP contribution in [0.2, 0.25) is 0 Å². The van der Waals surface area contributed by atoms with Crippen molar-refractivity contribution in [2.45, 2.75) is 19.5 Å². The third-order valence-electron chi connectivity index (χ3n) is 5.41. The Kier molecular flexibility index (Phi) is 5.70. The Morgan fingerprint density at radius 1 is 1.15 bits per heavy atom. The number of furan rings is 1. The van der Waals surface area contributed by atoms with E-state index in [4.69, 9.17) is 9.15 Å². The number of rotatable bonds is 6. The number of nitro groups is 1. The minimum Gasteiger partial charge on any atom is -0.507 e. The fourth-order valence-corrected chi connectivity index (χ4v) is 3.80. The third kappa shape index (κ3) is 4.08. The van der Waals surface area contributed by atoms with Crippen LogP contribution < -0.4 is 4.74 Å². The van der Waals surface area contributed by atoms with Crippen LogP contribution in [0.25, 0.3) is 5.76 Å². The summed E-state index contributed by atoms with van der Waals surface area (Å²) < 4.78 is 11.0. The third-order valence-corrected chi connectivity index (χ3v) is 5.41. The zero-order valence-electron chi connectivity index (χ0n) is 17.8. The zero-order chi connectivity index (χ0) is 23.7. The van der Waals surface area contributed by atoms with Crippen LogP contribution in [-0.4, -0.2) is 33.7 Å². The number of carbonyl (C=O) groups excluding carboxylic acids is 2. The molecule has 168 valence electrons. The van der Waals surface area contributed by atoms with Gasteiger partial charge in [0.25, 0.3) is 17.4 Å². The highest BCUT2D eigenvalue weighted by Crippen LogP contribution is 2.41. The van der Waals surface area contributed by atoms with Gasteiger partial charge >= 0.3 is 0 Å². The second-order valence-corrected chi connectivity index (χ2v) is 7.53. The van der Waals surface area contributed by atoms with Gasteiger partial charge in [-0.2, -0.15) is 0 Å². The fraction of sp³-hybridized carbons (Fsp3) is 0.167. The number of aliphatic hydroxyl groups is 1. The number of nitrogens with zero attached hydrogens (tertiary/aromatic N) is 2. The number of aryl methyl sites for hydroxylation is 1. The number of non-ortho nitro benzene ring substituents is 1. The number of ether oxygens (including phenoxy) is 1. The molecule has 33 heavy (non-hydrogen) atoms. The van der Waals surface area contributed by atoms with Crippen LogP contribution in [0.5, 0.6) is 5.75 Å². The lowest BCUT2D eigenvalue weighted by Crippen LogP contribution is -2.29. The predicted molar refractivity (Wildman–Crippen MR) is 117 cm³/mol. The Labute approximate surface area is 188 Å². The number of amides is 1. The Balaban J connectivity index is 1.81. The number of nitro benzene ring substituents is 1. The molecule has 1 saturated heterocycles. The summed E-state index contributed by atoms with van der Waals surface area (Å²) in [5.74, 6) is -0.603. The Morgan fingerprint density at radius 3 is 2.48 bits per heavy atom. The molecule has 0 spiro atoms. The number of aliphatic hydroxyl groups excluding tert-OH is 1. The van der Waals surface area contributed by atoms with Crippen molar-refractivity contribution in [1.82, 2.24) is 4.90 Å². The molecule has 2 heterocycles. The fourth-order valence-electron chi connectivity index (χ4n) is 3.80. The first-order chi connectivity index (χ1) is 15.8. The van der Waals surface area contributed by atoms with Crippen LogP contribution in [0, 0.1) is 17.0 Å². The minimum absolute atomic E-state index is 0.0726. The second kappa shape index (κ2) is 8.62.